The van der Waals surface area contributed by atoms with Crippen LogP contribution in [0.2, 0.25) is 0 Å². The average Bonchev–Trinajstić information content (AvgIpc) is 3.42. The Labute approximate surface area is 295 Å². The first-order chi connectivity index (χ1) is 24.2. The van der Waals surface area contributed by atoms with Gasteiger partial charge in [0.2, 0.25) is 11.6 Å². The molecule has 9 nitrogen and oxygen atoms in total. The van der Waals surface area contributed by atoms with Crippen LogP contribution in [0.5, 0.6) is 6.01 Å². The zero-order valence-corrected chi connectivity index (χ0v) is 29.1. The van der Waals surface area contributed by atoms with Crippen LogP contribution in [0.4, 0.5) is 38.5 Å². The minimum absolute atomic E-state index is 0.0301. The number of anilines is 2. The van der Waals surface area contributed by atoms with E-state index >= 15 is 17.6 Å². The van der Waals surface area contributed by atoms with Crippen molar-refractivity contribution in [1.82, 2.24) is 19.8 Å². The van der Waals surface area contributed by atoms with Crippen molar-refractivity contribution < 1.29 is 31.5 Å². The fraction of sp³-hybridized carbons (Fsp3) is 0.444. The standard InChI is InChI=1S/C36H36F5N7O2S/c1-6-25(49)48-13-10-24(18(48)3)47(7-2)33-21-14-22(36(39,40)41)26(20-8-9-23(37)31-27(20)30(43-4)32(42)51-31)28(38)29(21)44-34(45-33)50-16-19-15-35(11-12-35)17-46(19)5/h6,8-9,14,18-19,24H,1,7,10-13,15-17,42H2,2-3,5H3/t18?,19-,24?/m0/s1. The summed E-state index contributed by atoms with van der Waals surface area (Å²) in [5.41, 5.74) is 3.01. The van der Waals surface area contributed by atoms with Gasteiger partial charge in [-0.2, -0.15) is 23.1 Å². The first kappa shape index (κ1) is 34.9. The summed E-state index contributed by atoms with van der Waals surface area (Å²) in [6.07, 6.45) is -0.208. The van der Waals surface area contributed by atoms with Gasteiger partial charge in [0.15, 0.2) is 5.82 Å². The third-order valence-corrected chi connectivity index (χ3v) is 11.8. The molecule has 2 N–H and O–H groups in total. The lowest BCUT2D eigenvalue weighted by Crippen LogP contribution is -2.45. The number of benzene rings is 2. The summed E-state index contributed by atoms with van der Waals surface area (Å²) in [5.74, 6) is -2.37. The van der Waals surface area contributed by atoms with Crippen molar-refractivity contribution in [3.63, 3.8) is 0 Å². The number of likely N-dealkylation sites (N-methyl/N-ethyl adjacent to an activating group) is 2. The van der Waals surface area contributed by atoms with E-state index in [2.05, 4.69) is 26.3 Å². The average molecular weight is 726 g/mol. The van der Waals surface area contributed by atoms with E-state index in [4.69, 9.17) is 17.0 Å². The minimum atomic E-state index is -5.09. The van der Waals surface area contributed by atoms with Gasteiger partial charge >= 0.3 is 12.2 Å². The number of aromatic nitrogens is 2. The number of rotatable bonds is 8. The van der Waals surface area contributed by atoms with Gasteiger partial charge in [-0.05, 0) is 75.8 Å². The van der Waals surface area contributed by atoms with Gasteiger partial charge in [0.1, 0.15) is 23.8 Å². The van der Waals surface area contributed by atoms with Crippen LogP contribution in [-0.2, 0) is 11.0 Å². The topological polar surface area (TPSA) is 92.2 Å². The van der Waals surface area contributed by atoms with E-state index in [0.717, 1.165) is 44.0 Å². The summed E-state index contributed by atoms with van der Waals surface area (Å²) in [5, 5.41) is -0.510. The highest BCUT2D eigenvalue weighted by molar-refractivity contribution is 7.23. The van der Waals surface area contributed by atoms with Crippen molar-refractivity contribution in [3.05, 3.63) is 59.5 Å². The van der Waals surface area contributed by atoms with E-state index in [1.165, 1.54) is 6.08 Å². The number of alkyl halides is 3. The second-order valence-corrected chi connectivity index (χ2v) is 14.8. The smallest absolute Gasteiger partial charge is 0.417 e. The molecular weight excluding hydrogens is 690 g/mol. The number of hydrogen-bond donors (Lipinski definition) is 1. The minimum Gasteiger partial charge on any atom is -0.462 e. The maximum Gasteiger partial charge on any atom is 0.417 e. The molecule has 2 aromatic heterocycles. The van der Waals surface area contributed by atoms with Crippen molar-refractivity contribution in [1.29, 1.82) is 0 Å². The molecule has 15 heteroatoms. The summed E-state index contributed by atoms with van der Waals surface area (Å²) in [4.78, 5) is 30.6. The summed E-state index contributed by atoms with van der Waals surface area (Å²) >= 11 is 0.709. The Balaban J connectivity index is 1.45. The quantitative estimate of drug-likeness (QED) is 0.113. The van der Waals surface area contributed by atoms with Gasteiger partial charge in [-0.15, -0.1) is 11.3 Å². The summed E-state index contributed by atoms with van der Waals surface area (Å²) in [6.45, 7) is 16.6. The number of nitrogens with zero attached hydrogens (tertiary/aromatic N) is 6. The maximum atomic E-state index is 17.2. The Morgan fingerprint density at radius 3 is 2.67 bits per heavy atom. The molecule has 2 unspecified atom stereocenters. The second-order valence-electron chi connectivity index (χ2n) is 13.8. The lowest BCUT2D eigenvalue weighted by atomic mass is 9.93. The number of amides is 1. The molecule has 1 spiro atoms. The van der Waals surface area contributed by atoms with Gasteiger partial charge in [-0.3, -0.25) is 9.69 Å². The Morgan fingerprint density at radius 1 is 1.29 bits per heavy atom. The molecule has 268 valence electrons. The number of thiophene rings is 1. The predicted molar refractivity (Wildman–Crippen MR) is 187 cm³/mol. The van der Waals surface area contributed by atoms with Crippen LogP contribution in [0, 0.1) is 23.6 Å². The highest BCUT2D eigenvalue weighted by Crippen LogP contribution is 2.54. The molecule has 4 heterocycles. The van der Waals surface area contributed by atoms with E-state index in [1.54, 1.807) is 16.7 Å². The van der Waals surface area contributed by atoms with Gasteiger partial charge < -0.3 is 20.3 Å². The van der Waals surface area contributed by atoms with Crippen LogP contribution in [0.1, 0.15) is 45.1 Å². The SMILES string of the molecule is [C-]#[N+]c1c(N)sc2c(F)ccc(-c3c(C(F)(F)F)cc4c(N(CC)C5CCN(C(=O)C=C)C5C)nc(OC[C@@H]5CC6(CC6)CN5C)nc4c3F)c12. The molecule has 3 atom stereocenters. The molecule has 4 aromatic rings. The van der Waals surface area contributed by atoms with E-state index in [0.29, 0.717) is 24.3 Å². The Hall–Kier alpha value is -4.55. The number of nitrogens with two attached hydrogens (primary N) is 1. The predicted octanol–water partition coefficient (Wildman–Crippen LogP) is 7.81. The number of fused-ring (bicyclic) bond motifs is 2. The van der Waals surface area contributed by atoms with Gasteiger partial charge in [0, 0.05) is 48.1 Å². The van der Waals surface area contributed by atoms with Gasteiger partial charge in [0.05, 0.1) is 27.9 Å². The number of hydrogen-bond acceptors (Lipinski definition) is 8. The first-order valence-electron chi connectivity index (χ1n) is 16.7. The zero-order chi connectivity index (χ0) is 36.6. The van der Waals surface area contributed by atoms with Crippen LogP contribution >= 0.6 is 11.3 Å². The molecular formula is C36H36F5N7O2S. The Bertz CT molecular complexity index is 2130. The molecule has 3 aliphatic rings. The van der Waals surface area contributed by atoms with Crippen molar-refractivity contribution in [2.75, 3.05) is 43.9 Å². The number of halogens is 5. The third-order valence-electron chi connectivity index (χ3n) is 10.8. The summed E-state index contributed by atoms with van der Waals surface area (Å²) < 4.78 is 83.4. The second kappa shape index (κ2) is 12.6. The third kappa shape index (κ3) is 5.82. The molecule has 1 amide bonds. The van der Waals surface area contributed by atoms with Crippen molar-refractivity contribution in [3.8, 4) is 17.1 Å². The number of carbonyl (C=O) groups excluding carboxylic acids is 1. The van der Waals surface area contributed by atoms with Crippen LogP contribution < -0.4 is 15.4 Å². The maximum absolute atomic E-state index is 17.2. The largest absolute Gasteiger partial charge is 0.462 e. The molecule has 0 radical (unpaired) electrons. The van der Waals surface area contributed by atoms with Gasteiger partial charge in [0.25, 0.3) is 0 Å². The molecule has 7 rings (SSSR count). The molecule has 1 aliphatic carbocycles. The summed E-state index contributed by atoms with van der Waals surface area (Å²) in [7, 11) is 2.01. The van der Waals surface area contributed by atoms with Crippen LogP contribution in [-0.4, -0.2) is 77.1 Å². The lowest BCUT2D eigenvalue weighted by molar-refractivity contribution is -0.137. The van der Waals surface area contributed by atoms with Crippen molar-refractivity contribution in [2.24, 2.45) is 5.41 Å². The Morgan fingerprint density at radius 2 is 2.04 bits per heavy atom. The van der Waals surface area contributed by atoms with E-state index in [9.17, 15) is 9.18 Å². The van der Waals surface area contributed by atoms with Crippen LogP contribution in [0.25, 0.3) is 37.0 Å². The van der Waals surface area contributed by atoms with Gasteiger partial charge in [-0.25, -0.2) is 13.6 Å². The fourth-order valence-corrected chi connectivity index (χ4v) is 8.98. The van der Waals surface area contributed by atoms with Crippen LogP contribution in [0.15, 0.2) is 30.9 Å². The molecule has 2 aromatic carbocycles. The van der Waals surface area contributed by atoms with E-state index < -0.39 is 34.5 Å². The molecule has 1 saturated carbocycles. The van der Waals surface area contributed by atoms with Crippen LogP contribution in [0.3, 0.4) is 0 Å². The first-order valence-corrected chi connectivity index (χ1v) is 17.6. The highest BCUT2D eigenvalue weighted by atomic mass is 32.1. The molecule has 0 bridgehead atoms. The number of carbonyl (C=O) groups is 1. The van der Waals surface area contributed by atoms with Crippen molar-refractivity contribution in [2.45, 2.75) is 63.8 Å². The molecule has 2 saturated heterocycles. The normalized spacial score (nSPS) is 21.5. The zero-order valence-electron chi connectivity index (χ0n) is 28.3. The number of ether oxygens (including phenoxy) is 1. The van der Waals surface area contributed by atoms with Crippen molar-refractivity contribution >= 4 is 54.7 Å². The van der Waals surface area contributed by atoms with Gasteiger partial charge in [-0.1, -0.05) is 12.6 Å². The Kier molecular flexibility index (Phi) is 8.61. The summed E-state index contributed by atoms with van der Waals surface area (Å²) in [6, 6.07) is 1.86. The highest BCUT2D eigenvalue weighted by Gasteiger charge is 2.51. The van der Waals surface area contributed by atoms with E-state index in [1.807, 2.05) is 14.0 Å². The number of nitrogen functional groups attached to an aromatic ring is 1. The fourth-order valence-electron chi connectivity index (χ4n) is 8.04. The molecule has 3 fully saturated rings. The lowest BCUT2D eigenvalue weighted by Gasteiger charge is -2.34. The number of likely N-dealkylation sites (tertiary alicyclic amines) is 2. The molecule has 51 heavy (non-hydrogen) atoms. The molecule has 2 aliphatic heterocycles. The monoisotopic (exact) mass is 725 g/mol. The van der Waals surface area contributed by atoms with E-state index in [-0.39, 0.29) is 86.2 Å².